The third kappa shape index (κ3) is 4.09. The molecule has 1 aliphatic heterocycles. The number of methoxy groups -OCH3 is 1. The van der Waals surface area contributed by atoms with Gasteiger partial charge in [0, 0.05) is 25.3 Å². The number of nitrogens with zero attached hydrogens (tertiary/aromatic N) is 2. The smallest absolute Gasteiger partial charge is 0.296 e. The van der Waals surface area contributed by atoms with Gasteiger partial charge in [-0.2, -0.15) is 0 Å². The van der Waals surface area contributed by atoms with E-state index < -0.39 is 17.7 Å². The number of ether oxygens (including phenoxy) is 1. The van der Waals surface area contributed by atoms with E-state index >= 15 is 0 Å². The molecule has 7 nitrogen and oxygen atoms in total. The number of hydrogen-bond acceptors (Lipinski definition) is 6. The lowest BCUT2D eigenvalue weighted by molar-refractivity contribution is -0.140. The molecule has 0 radical (unpaired) electrons. The van der Waals surface area contributed by atoms with Gasteiger partial charge in [0.15, 0.2) is 0 Å². The van der Waals surface area contributed by atoms with Gasteiger partial charge in [-0.1, -0.05) is 12.1 Å². The van der Waals surface area contributed by atoms with Crippen LogP contribution in [0.25, 0.3) is 5.76 Å². The topological polar surface area (TPSA) is 83.2 Å². The SMILES string of the molecule is COc1ccc(/C(O)=C2/C(=O)C(=O)N(Cc3ccco3)C2c2ccc(N(C)C)cc2)c(C)c1. The van der Waals surface area contributed by atoms with Crippen molar-refractivity contribution in [1.82, 2.24) is 4.90 Å². The molecule has 7 heteroatoms. The Morgan fingerprint density at radius 2 is 1.85 bits per heavy atom. The number of carbonyl (C=O) groups excluding carboxylic acids is 2. The lowest BCUT2D eigenvalue weighted by Crippen LogP contribution is -2.29. The molecule has 2 heterocycles. The fourth-order valence-electron chi connectivity index (χ4n) is 4.09. The van der Waals surface area contributed by atoms with E-state index in [2.05, 4.69) is 0 Å². The molecule has 1 saturated heterocycles. The highest BCUT2D eigenvalue weighted by atomic mass is 16.5. The highest BCUT2D eigenvalue weighted by molar-refractivity contribution is 6.46. The van der Waals surface area contributed by atoms with Crippen LogP contribution in [-0.4, -0.2) is 42.9 Å². The number of rotatable bonds is 6. The summed E-state index contributed by atoms with van der Waals surface area (Å²) < 4.78 is 10.7. The molecule has 170 valence electrons. The number of carbonyl (C=O) groups is 2. The number of Topliss-reactive ketones (excluding diaryl/α,β-unsaturated/α-hetero) is 1. The largest absolute Gasteiger partial charge is 0.507 e. The Morgan fingerprint density at radius 1 is 1.12 bits per heavy atom. The van der Waals surface area contributed by atoms with Crippen LogP contribution in [0.2, 0.25) is 0 Å². The molecule has 0 spiro atoms. The molecule has 2 aromatic carbocycles. The molecule has 33 heavy (non-hydrogen) atoms. The summed E-state index contributed by atoms with van der Waals surface area (Å²) in [6.07, 6.45) is 1.52. The van der Waals surface area contributed by atoms with Crippen molar-refractivity contribution in [3.05, 3.63) is 88.9 Å². The standard InChI is InChI=1S/C26H26N2O5/c1-16-14-19(32-4)11-12-21(16)24(29)22-23(17-7-9-18(10-8-17)27(2)3)28(26(31)25(22)30)15-20-6-5-13-33-20/h5-14,23,29H,15H2,1-4H3/b24-22-. The van der Waals surface area contributed by atoms with Crippen LogP contribution < -0.4 is 9.64 Å². The van der Waals surface area contributed by atoms with Gasteiger partial charge in [0.1, 0.15) is 17.3 Å². The van der Waals surface area contributed by atoms with Crippen molar-refractivity contribution in [2.75, 3.05) is 26.1 Å². The molecule has 0 saturated carbocycles. The van der Waals surface area contributed by atoms with Crippen LogP contribution in [0.5, 0.6) is 5.75 Å². The van der Waals surface area contributed by atoms with E-state index in [1.165, 1.54) is 11.2 Å². The molecule has 1 atom stereocenters. The highest BCUT2D eigenvalue weighted by Crippen LogP contribution is 2.41. The molecule has 1 fully saturated rings. The van der Waals surface area contributed by atoms with Gasteiger partial charge in [0.2, 0.25) is 0 Å². The number of amides is 1. The first-order valence-electron chi connectivity index (χ1n) is 10.5. The second-order valence-electron chi connectivity index (χ2n) is 8.17. The number of likely N-dealkylation sites (tertiary alicyclic amines) is 1. The van der Waals surface area contributed by atoms with E-state index in [1.54, 1.807) is 37.4 Å². The van der Waals surface area contributed by atoms with E-state index in [4.69, 9.17) is 9.15 Å². The molecule has 1 N–H and O–H groups in total. The van der Waals surface area contributed by atoms with Gasteiger partial charge < -0.3 is 24.1 Å². The van der Waals surface area contributed by atoms with Crippen molar-refractivity contribution in [2.45, 2.75) is 19.5 Å². The molecule has 1 amide bonds. The number of hydrogen-bond donors (Lipinski definition) is 1. The fraction of sp³-hybridized carbons (Fsp3) is 0.231. The summed E-state index contributed by atoms with van der Waals surface area (Å²) in [7, 11) is 5.43. The summed E-state index contributed by atoms with van der Waals surface area (Å²) in [5.74, 6) is -0.431. The summed E-state index contributed by atoms with van der Waals surface area (Å²) in [4.78, 5) is 29.7. The van der Waals surface area contributed by atoms with Crippen molar-refractivity contribution < 1.29 is 23.8 Å². The molecular formula is C26H26N2O5. The van der Waals surface area contributed by atoms with E-state index in [-0.39, 0.29) is 17.9 Å². The van der Waals surface area contributed by atoms with Crippen molar-refractivity contribution in [1.29, 1.82) is 0 Å². The zero-order chi connectivity index (χ0) is 23.7. The summed E-state index contributed by atoms with van der Waals surface area (Å²) in [6.45, 7) is 1.92. The zero-order valence-corrected chi connectivity index (χ0v) is 19.0. The van der Waals surface area contributed by atoms with E-state index in [1.807, 2.05) is 50.2 Å². The average molecular weight is 447 g/mol. The lowest BCUT2D eigenvalue weighted by Gasteiger charge is -2.25. The third-order valence-electron chi connectivity index (χ3n) is 5.86. The van der Waals surface area contributed by atoms with E-state index in [0.717, 1.165) is 16.8 Å². The third-order valence-corrected chi connectivity index (χ3v) is 5.86. The molecule has 4 rings (SSSR count). The number of aliphatic hydroxyl groups excluding tert-OH is 1. The predicted octanol–water partition coefficient (Wildman–Crippen LogP) is 4.28. The lowest BCUT2D eigenvalue weighted by atomic mass is 9.93. The van der Waals surface area contributed by atoms with Gasteiger partial charge in [-0.25, -0.2) is 0 Å². The van der Waals surface area contributed by atoms with Crippen LogP contribution in [0, 0.1) is 6.92 Å². The monoisotopic (exact) mass is 446 g/mol. The second kappa shape index (κ2) is 8.86. The van der Waals surface area contributed by atoms with Crippen molar-refractivity contribution in [3.63, 3.8) is 0 Å². The minimum atomic E-state index is -0.757. The molecule has 0 bridgehead atoms. The number of aryl methyl sites for hydroxylation is 1. The highest BCUT2D eigenvalue weighted by Gasteiger charge is 2.46. The molecule has 1 aromatic heterocycles. The zero-order valence-electron chi connectivity index (χ0n) is 19.0. The summed E-state index contributed by atoms with van der Waals surface area (Å²) in [6, 6.07) is 15.5. The first-order valence-corrected chi connectivity index (χ1v) is 10.5. The molecule has 0 aliphatic carbocycles. The number of benzene rings is 2. The summed E-state index contributed by atoms with van der Waals surface area (Å²) >= 11 is 0. The maximum Gasteiger partial charge on any atom is 0.296 e. The van der Waals surface area contributed by atoms with Gasteiger partial charge in [0.05, 0.1) is 31.5 Å². The first kappa shape index (κ1) is 22.2. The first-order chi connectivity index (χ1) is 15.8. The minimum absolute atomic E-state index is 0.0532. The van der Waals surface area contributed by atoms with Crippen LogP contribution in [0.15, 0.2) is 70.9 Å². The van der Waals surface area contributed by atoms with Crippen molar-refractivity contribution >= 4 is 23.1 Å². The Labute approximate surface area is 192 Å². The number of anilines is 1. The molecule has 1 aliphatic rings. The Morgan fingerprint density at radius 3 is 2.42 bits per heavy atom. The van der Waals surface area contributed by atoms with Gasteiger partial charge in [0.25, 0.3) is 11.7 Å². The van der Waals surface area contributed by atoms with Crippen molar-refractivity contribution in [2.24, 2.45) is 0 Å². The normalized spacial score (nSPS) is 17.5. The van der Waals surface area contributed by atoms with Crippen LogP contribution in [-0.2, 0) is 16.1 Å². The fourth-order valence-corrected chi connectivity index (χ4v) is 4.09. The van der Waals surface area contributed by atoms with Gasteiger partial charge in [-0.3, -0.25) is 9.59 Å². The number of aliphatic hydroxyl groups is 1. The van der Waals surface area contributed by atoms with E-state index in [0.29, 0.717) is 17.1 Å². The van der Waals surface area contributed by atoms with Gasteiger partial charge in [-0.05, 0) is 60.5 Å². The average Bonchev–Trinajstić information content (AvgIpc) is 3.41. The second-order valence-corrected chi connectivity index (χ2v) is 8.17. The Balaban J connectivity index is 1.86. The Kier molecular flexibility index (Phi) is 5.96. The number of ketones is 1. The predicted molar refractivity (Wildman–Crippen MR) is 125 cm³/mol. The maximum absolute atomic E-state index is 13.2. The van der Waals surface area contributed by atoms with Crippen LogP contribution in [0.3, 0.4) is 0 Å². The molecule has 3 aromatic rings. The maximum atomic E-state index is 13.2. The summed E-state index contributed by atoms with van der Waals surface area (Å²) in [5, 5.41) is 11.3. The van der Waals surface area contributed by atoms with Crippen LogP contribution in [0.4, 0.5) is 5.69 Å². The van der Waals surface area contributed by atoms with Crippen LogP contribution in [0.1, 0.15) is 28.5 Å². The van der Waals surface area contributed by atoms with Gasteiger partial charge >= 0.3 is 0 Å². The summed E-state index contributed by atoms with van der Waals surface area (Å²) in [5.41, 5.74) is 2.96. The number of furan rings is 1. The Bertz CT molecular complexity index is 1210. The molecular weight excluding hydrogens is 420 g/mol. The van der Waals surface area contributed by atoms with E-state index in [9.17, 15) is 14.7 Å². The van der Waals surface area contributed by atoms with Gasteiger partial charge in [-0.15, -0.1) is 0 Å². The quantitative estimate of drug-likeness (QED) is 0.346. The van der Waals surface area contributed by atoms with Crippen LogP contribution >= 0.6 is 0 Å². The van der Waals surface area contributed by atoms with Crippen molar-refractivity contribution in [3.8, 4) is 5.75 Å². The molecule has 1 unspecified atom stereocenters. The minimum Gasteiger partial charge on any atom is -0.507 e. The Hall–Kier alpha value is -4.00.